The van der Waals surface area contributed by atoms with Gasteiger partial charge in [-0.1, -0.05) is 29.8 Å². The van der Waals surface area contributed by atoms with Gasteiger partial charge in [-0.25, -0.2) is 4.39 Å². The van der Waals surface area contributed by atoms with E-state index in [-0.39, 0.29) is 11.7 Å². The maximum absolute atomic E-state index is 13.7. The number of benzene rings is 2. The second-order valence-electron chi connectivity index (χ2n) is 4.30. The van der Waals surface area contributed by atoms with E-state index in [4.69, 9.17) is 22.1 Å². The molecule has 0 aliphatic rings. The van der Waals surface area contributed by atoms with Gasteiger partial charge in [0.2, 0.25) is 11.3 Å². The van der Waals surface area contributed by atoms with Crippen LogP contribution in [0.2, 0.25) is 5.02 Å². The molecule has 0 atom stereocenters. The highest BCUT2D eigenvalue weighted by Gasteiger charge is 2.09. The maximum Gasteiger partial charge on any atom is 0.221 e. The molecule has 4 nitrogen and oxygen atoms in total. The lowest BCUT2D eigenvalue weighted by Crippen LogP contribution is -2.82. The van der Waals surface area contributed by atoms with Gasteiger partial charge in [0.05, 0.1) is 10.6 Å². The van der Waals surface area contributed by atoms with Crippen LogP contribution in [-0.4, -0.2) is 11.3 Å². The highest BCUT2D eigenvalue weighted by Crippen LogP contribution is 2.22. The van der Waals surface area contributed by atoms with Crippen molar-refractivity contribution < 1.29 is 14.2 Å². The van der Waals surface area contributed by atoms with Crippen LogP contribution in [0.5, 0.6) is 5.75 Å². The van der Waals surface area contributed by atoms with Gasteiger partial charge in [-0.2, -0.15) is 0 Å². The monoisotopic (exact) mass is 338 g/mol. The average Bonchev–Trinajstić information content (AvgIpc) is 2.48. The maximum atomic E-state index is 13.7. The largest absolute Gasteiger partial charge is 0.488 e. The third kappa shape index (κ3) is 4.41. The predicted molar refractivity (Wildman–Crippen MR) is 88.2 cm³/mol. The van der Waals surface area contributed by atoms with E-state index in [2.05, 4.69) is 22.7 Å². The summed E-state index contributed by atoms with van der Waals surface area (Å²) in [7, 11) is 0. The number of hydrazine groups is 1. The standard InChI is InChI=1S/C15H13ClFN3OS/c16-12-5-3-6-13(17)11(12)9-21-14-7-2-1-4-10(14)8-19-20-15(18)22/h1-8H,9H2,(H3,18,20,22)/p+1. The van der Waals surface area contributed by atoms with Crippen molar-refractivity contribution in [3.63, 3.8) is 0 Å². The molecule has 0 unspecified atom stereocenters. The number of para-hydroxylation sites is 1. The van der Waals surface area contributed by atoms with Crippen molar-refractivity contribution in [2.24, 2.45) is 5.73 Å². The highest BCUT2D eigenvalue weighted by atomic mass is 35.5. The van der Waals surface area contributed by atoms with Crippen molar-refractivity contribution in [2.75, 3.05) is 0 Å². The summed E-state index contributed by atoms with van der Waals surface area (Å²) >= 11 is 10.7. The van der Waals surface area contributed by atoms with Crippen LogP contribution in [-0.2, 0) is 6.61 Å². The van der Waals surface area contributed by atoms with Crippen molar-refractivity contribution in [1.82, 2.24) is 5.43 Å². The second-order valence-corrected chi connectivity index (χ2v) is 5.15. The summed E-state index contributed by atoms with van der Waals surface area (Å²) in [5.41, 5.74) is 8.96. The van der Waals surface area contributed by atoms with E-state index in [0.29, 0.717) is 16.3 Å². The topological polar surface area (TPSA) is 61.2 Å². The SMILES string of the molecule is NC(=S)N[NH+]=Cc1ccccc1OCc1c(F)cccc1Cl. The summed E-state index contributed by atoms with van der Waals surface area (Å²) in [6.45, 7) is 0.0269. The van der Waals surface area contributed by atoms with Gasteiger partial charge in [0, 0.05) is 5.56 Å². The molecule has 2 rings (SSSR count). The van der Waals surface area contributed by atoms with E-state index in [0.717, 1.165) is 5.56 Å². The number of thiocarbonyl (C=S) groups is 1. The molecule has 7 heteroatoms. The van der Waals surface area contributed by atoms with Crippen LogP contribution in [0.15, 0.2) is 42.5 Å². The smallest absolute Gasteiger partial charge is 0.221 e. The van der Waals surface area contributed by atoms with Crippen LogP contribution >= 0.6 is 23.8 Å². The summed E-state index contributed by atoms with van der Waals surface area (Å²) in [5.74, 6) is 0.168. The zero-order valence-electron chi connectivity index (χ0n) is 11.5. The molecule has 0 fully saturated rings. The van der Waals surface area contributed by atoms with E-state index < -0.39 is 5.82 Å². The zero-order valence-corrected chi connectivity index (χ0v) is 13.0. The molecule has 0 spiro atoms. The van der Waals surface area contributed by atoms with E-state index in [1.165, 1.54) is 6.07 Å². The average molecular weight is 339 g/mol. The minimum absolute atomic E-state index is 0.0269. The Bertz CT molecular complexity index is 689. The van der Waals surface area contributed by atoms with Crippen molar-refractivity contribution in [3.05, 3.63) is 64.4 Å². The number of halogens is 2. The molecule has 4 N–H and O–H groups in total. The Hall–Kier alpha value is -2.18. The molecule has 114 valence electrons. The normalized spacial score (nSPS) is 10.6. The van der Waals surface area contributed by atoms with E-state index in [1.54, 1.807) is 24.4 Å². The minimum Gasteiger partial charge on any atom is -0.488 e. The van der Waals surface area contributed by atoms with Crippen molar-refractivity contribution in [1.29, 1.82) is 0 Å². The van der Waals surface area contributed by atoms with Gasteiger partial charge in [-0.05, 0) is 36.5 Å². The Morgan fingerprint density at radius 2 is 2.09 bits per heavy atom. The first kappa shape index (κ1) is 16.2. The lowest BCUT2D eigenvalue weighted by atomic mass is 10.2. The Morgan fingerprint density at radius 1 is 1.32 bits per heavy atom. The number of nitrogens with two attached hydrogens (primary N) is 1. The van der Waals surface area contributed by atoms with Crippen molar-refractivity contribution >= 4 is 35.1 Å². The molecule has 0 amide bonds. The fraction of sp³-hybridized carbons (Fsp3) is 0.0667. The van der Waals surface area contributed by atoms with Gasteiger partial charge >= 0.3 is 0 Å². The molecule has 2 aromatic carbocycles. The summed E-state index contributed by atoms with van der Waals surface area (Å²) in [6, 6.07) is 11.8. The quantitative estimate of drug-likeness (QED) is 0.437. The lowest BCUT2D eigenvalue weighted by Gasteiger charge is -2.10. The molecular weight excluding hydrogens is 325 g/mol. The van der Waals surface area contributed by atoms with Gasteiger partial charge in [0.15, 0.2) is 0 Å². The van der Waals surface area contributed by atoms with Crippen molar-refractivity contribution in [3.8, 4) is 5.75 Å². The molecule has 0 saturated carbocycles. The first-order valence-corrected chi connectivity index (χ1v) is 7.15. The molecule has 2 aromatic rings. The van der Waals surface area contributed by atoms with Crippen LogP contribution in [0.25, 0.3) is 0 Å². The van der Waals surface area contributed by atoms with Gasteiger partial charge in [-0.3, -0.25) is 0 Å². The van der Waals surface area contributed by atoms with Gasteiger partial charge in [-0.15, -0.1) is 10.5 Å². The zero-order chi connectivity index (χ0) is 15.9. The third-order valence-corrected chi connectivity index (χ3v) is 3.23. The van der Waals surface area contributed by atoms with Crippen molar-refractivity contribution in [2.45, 2.75) is 6.61 Å². The summed E-state index contributed by atoms with van der Waals surface area (Å²) in [4.78, 5) is 0. The number of hydrogen-bond acceptors (Lipinski definition) is 2. The summed E-state index contributed by atoms with van der Waals surface area (Å²) in [6.07, 6.45) is 1.64. The van der Waals surface area contributed by atoms with Gasteiger partial charge < -0.3 is 10.5 Å². The van der Waals surface area contributed by atoms with E-state index in [9.17, 15) is 4.39 Å². The molecule has 0 saturated heterocycles. The summed E-state index contributed by atoms with van der Waals surface area (Å²) in [5, 5.41) is 3.19. The van der Waals surface area contributed by atoms with Crippen LogP contribution in [0.1, 0.15) is 11.1 Å². The molecule has 0 aromatic heterocycles. The van der Waals surface area contributed by atoms with Gasteiger partial charge in [0.25, 0.3) is 0 Å². The minimum atomic E-state index is -0.401. The Balaban J connectivity index is 2.13. The van der Waals surface area contributed by atoms with E-state index >= 15 is 0 Å². The first-order valence-electron chi connectivity index (χ1n) is 6.37. The number of nitrogens with one attached hydrogen (secondary N) is 2. The molecule has 0 bridgehead atoms. The molecule has 0 aliphatic heterocycles. The number of hydrazone groups is 1. The first-order chi connectivity index (χ1) is 10.6. The fourth-order valence-corrected chi connectivity index (χ4v) is 2.01. The van der Waals surface area contributed by atoms with Crippen LogP contribution in [0.3, 0.4) is 0 Å². The Labute approximate surface area is 137 Å². The highest BCUT2D eigenvalue weighted by molar-refractivity contribution is 7.80. The second kappa shape index (κ2) is 7.72. The number of hydrogen-bond donors (Lipinski definition) is 3. The number of rotatable bonds is 5. The van der Waals surface area contributed by atoms with Crippen LogP contribution in [0, 0.1) is 5.82 Å². The molecule has 22 heavy (non-hydrogen) atoms. The van der Waals surface area contributed by atoms with E-state index in [1.807, 2.05) is 18.2 Å². The number of ether oxygens (including phenoxy) is 1. The predicted octanol–water partition coefficient (Wildman–Crippen LogP) is 1.31. The summed E-state index contributed by atoms with van der Waals surface area (Å²) < 4.78 is 19.4. The van der Waals surface area contributed by atoms with Crippen LogP contribution in [0.4, 0.5) is 4.39 Å². The van der Waals surface area contributed by atoms with Gasteiger partial charge in [0.1, 0.15) is 18.2 Å². The lowest BCUT2D eigenvalue weighted by molar-refractivity contribution is -0.499. The molecular formula is C15H14ClFN3OS+. The Morgan fingerprint density at radius 3 is 2.82 bits per heavy atom. The molecule has 0 radical (unpaired) electrons. The third-order valence-electron chi connectivity index (χ3n) is 2.78. The molecule has 0 heterocycles. The fourth-order valence-electron chi connectivity index (χ4n) is 1.74. The Kier molecular flexibility index (Phi) is 5.68. The van der Waals surface area contributed by atoms with Crippen LogP contribution < -0.4 is 21.0 Å². The molecule has 0 aliphatic carbocycles.